The standard InChI is InChI=1S/C9H14N4O5S/c1-5-7(4-11-12-5)19(17,18)13-6(9(15)16)2-3-8(10)14/h4,6,13H,2-3H2,1H3,(H2,10,14)(H,11,12)(H,15,16)/t6-/m0/s1. The average Bonchev–Trinajstić information content (AvgIpc) is 2.70. The molecule has 0 spiro atoms. The third-order valence-corrected chi connectivity index (χ3v) is 3.93. The fourth-order valence-electron chi connectivity index (χ4n) is 1.38. The minimum absolute atomic E-state index is 0.141. The number of carbonyl (C=O) groups excluding carboxylic acids is 1. The van der Waals surface area contributed by atoms with Gasteiger partial charge in [0.2, 0.25) is 15.9 Å². The van der Waals surface area contributed by atoms with Crippen LogP contribution in [0.4, 0.5) is 0 Å². The summed E-state index contributed by atoms with van der Waals surface area (Å²) in [5.74, 6) is -2.09. The van der Waals surface area contributed by atoms with Gasteiger partial charge in [0.25, 0.3) is 0 Å². The van der Waals surface area contributed by atoms with Crippen LogP contribution in [0.3, 0.4) is 0 Å². The van der Waals surface area contributed by atoms with E-state index < -0.39 is 27.9 Å². The smallest absolute Gasteiger partial charge is 0.321 e. The molecule has 1 heterocycles. The number of aliphatic carboxylic acids is 1. The maximum absolute atomic E-state index is 11.9. The fourth-order valence-corrected chi connectivity index (χ4v) is 2.74. The molecule has 10 heteroatoms. The van der Waals surface area contributed by atoms with Gasteiger partial charge in [-0.2, -0.15) is 9.82 Å². The number of hydrogen-bond acceptors (Lipinski definition) is 5. The zero-order valence-corrected chi connectivity index (χ0v) is 10.9. The van der Waals surface area contributed by atoms with E-state index in [1.54, 1.807) is 0 Å². The Balaban J connectivity index is 2.87. The third kappa shape index (κ3) is 4.03. The predicted molar refractivity (Wildman–Crippen MR) is 63.5 cm³/mol. The highest BCUT2D eigenvalue weighted by atomic mass is 32.2. The molecule has 0 unspecified atom stereocenters. The molecule has 5 N–H and O–H groups in total. The lowest BCUT2D eigenvalue weighted by atomic mass is 10.2. The van der Waals surface area contributed by atoms with Crippen LogP contribution in [-0.2, 0) is 19.6 Å². The second-order valence-electron chi connectivity index (χ2n) is 3.88. The van der Waals surface area contributed by atoms with Crippen LogP contribution in [0.1, 0.15) is 18.5 Å². The summed E-state index contributed by atoms with van der Waals surface area (Å²) >= 11 is 0. The number of rotatable bonds is 7. The molecule has 0 aliphatic carbocycles. The third-order valence-electron chi connectivity index (χ3n) is 2.35. The predicted octanol–water partition coefficient (Wildman–Crippen LogP) is -1.28. The van der Waals surface area contributed by atoms with E-state index in [1.807, 2.05) is 4.72 Å². The number of carboxylic acids is 1. The van der Waals surface area contributed by atoms with Gasteiger partial charge in [0, 0.05) is 6.42 Å². The molecular formula is C9H14N4O5S. The van der Waals surface area contributed by atoms with Gasteiger partial charge in [0.1, 0.15) is 10.9 Å². The number of nitrogens with two attached hydrogens (primary N) is 1. The van der Waals surface area contributed by atoms with Gasteiger partial charge in [0.15, 0.2) is 0 Å². The van der Waals surface area contributed by atoms with Gasteiger partial charge >= 0.3 is 5.97 Å². The molecule has 0 aromatic carbocycles. The van der Waals surface area contributed by atoms with Crippen molar-refractivity contribution in [2.24, 2.45) is 5.73 Å². The van der Waals surface area contributed by atoms with Crippen LogP contribution >= 0.6 is 0 Å². The van der Waals surface area contributed by atoms with Gasteiger partial charge in [-0.15, -0.1) is 0 Å². The summed E-state index contributed by atoms with van der Waals surface area (Å²) in [6.45, 7) is 1.49. The minimum Gasteiger partial charge on any atom is -0.480 e. The molecule has 0 saturated carbocycles. The van der Waals surface area contributed by atoms with Crippen LogP contribution in [0.5, 0.6) is 0 Å². The second kappa shape index (κ2) is 5.80. The molecule has 106 valence electrons. The molecule has 0 fully saturated rings. The molecule has 1 amide bonds. The van der Waals surface area contributed by atoms with Gasteiger partial charge < -0.3 is 10.8 Å². The molecular weight excluding hydrogens is 276 g/mol. The highest BCUT2D eigenvalue weighted by Gasteiger charge is 2.27. The monoisotopic (exact) mass is 290 g/mol. The lowest BCUT2D eigenvalue weighted by Gasteiger charge is -2.13. The van der Waals surface area contributed by atoms with Crippen LogP contribution in [0.15, 0.2) is 11.1 Å². The average molecular weight is 290 g/mol. The van der Waals surface area contributed by atoms with Crippen molar-refractivity contribution in [3.05, 3.63) is 11.9 Å². The van der Waals surface area contributed by atoms with Crippen LogP contribution in [0, 0.1) is 6.92 Å². The number of carbonyl (C=O) groups is 2. The summed E-state index contributed by atoms with van der Waals surface area (Å²) in [6.07, 6.45) is 0.620. The van der Waals surface area contributed by atoms with Crippen LogP contribution in [-0.4, -0.2) is 41.6 Å². The lowest BCUT2D eigenvalue weighted by Crippen LogP contribution is -2.41. The molecule has 9 nitrogen and oxygen atoms in total. The first kappa shape index (κ1) is 15.1. The van der Waals surface area contributed by atoms with Crippen molar-refractivity contribution in [2.45, 2.75) is 30.7 Å². The first-order chi connectivity index (χ1) is 8.74. The molecule has 1 aromatic rings. The van der Waals surface area contributed by atoms with Crippen molar-refractivity contribution in [3.8, 4) is 0 Å². The summed E-state index contributed by atoms with van der Waals surface area (Å²) in [4.78, 5) is 21.4. The number of carboxylic acid groups (broad SMARTS) is 1. The summed E-state index contributed by atoms with van der Waals surface area (Å²) in [7, 11) is -4.02. The Morgan fingerprint density at radius 1 is 1.58 bits per heavy atom. The zero-order chi connectivity index (χ0) is 14.6. The first-order valence-corrected chi connectivity index (χ1v) is 6.75. The highest BCUT2D eigenvalue weighted by molar-refractivity contribution is 7.89. The number of aromatic nitrogens is 2. The van der Waals surface area contributed by atoms with Gasteiger partial charge in [0.05, 0.1) is 11.9 Å². The summed E-state index contributed by atoms with van der Waals surface area (Å²) in [5, 5.41) is 14.9. The topological polar surface area (TPSA) is 155 Å². The number of nitrogens with one attached hydrogen (secondary N) is 2. The minimum atomic E-state index is -4.02. The van der Waals surface area contributed by atoms with Crippen molar-refractivity contribution >= 4 is 21.9 Å². The summed E-state index contributed by atoms with van der Waals surface area (Å²) in [6, 6.07) is -1.42. The van der Waals surface area contributed by atoms with E-state index in [4.69, 9.17) is 10.8 Å². The van der Waals surface area contributed by atoms with E-state index in [-0.39, 0.29) is 23.4 Å². The molecule has 0 aliphatic rings. The van der Waals surface area contributed by atoms with Crippen LogP contribution in [0.25, 0.3) is 0 Å². The molecule has 1 atom stereocenters. The zero-order valence-electron chi connectivity index (χ0n) is 10.1. The van der Waals surface area contributed by atoms with Gasteiger partial charge in [-0.1, -0.05) is 0 Å². The van der Waals surface area contributed by atoms with E-state index in [0.717, 1.165) is 6.20 Å². The van der Waals surface area contributed by atoms with E-state index in [1.165, 1.54) is 6.92 Å². The molecule has 0 aliphatic heterocycles. The number of aromatic amines is 1. The quantitative estimate of drug-likeness (QED) is 0.490. The van der Waals surface area contributed by atoms with Crippen molar-refractivity contribution in [2.75, 3.05) is 0 Å². The van der Waals surface area contributed by atoms with Gasteiger partial charge in [-0.3, -0.25) is 14.7 Å². The highest BCUT2D eigenvalue weighted by Crippen LogP contribution is 2.12. The Kier molecular flexibility index (Phi) is 4.62. The second-order valence-corrected chi connectivity index (χ2v) is 5.56. The Morgan fingerprint density at radius 2 is 2.21 bits per heavy atom. The normalized spacial score (nSPS) is 13.1. The Morgan fingerprint density at radius 3 is 2.63 bits per heavy atom. The van der Waals surface area contributed by atoms with E-state index in [0.29, 0.717) is 0 Å². The van der Waals surface area contributed by atoms with E-state index in [9.17, 15) is 18.0 Å². The molecule has 1 aromatic heterocycles. The summed E-state index contributed by atoms with van der Waals surface area (Å²) in [5.41, 5.74) is 5.18. The SMILES string of the molecule is Cc1[nH]ncc1S(=O)(=O)N[C@@H](CCC(N)=O)C(=O)O. The summed E-state index contributed by atoms with van der Waals surface area (Å²) < 4.78 is 25.8. The number of H-pyrrole nitrogens is 1. The Labute approximate surface area is 109 Å². The molecule has 0 saturated heterocycles. The number of amides is 1. The Hall–Kier alpha value is -1.94. The van der Waals surface area contributed by atoms with Crippen molar-refractivity contribution in [3.63, 3.8) is 0 Å². The van der Waals surface area contributed by atoms with Crippen molar-refractivity contribution in [1.82, 2.24) is 14.9 Å². The number of primary amides is 1. The molecule has 1 rings (SSSR count). The maximum atomic E-state index is 11.9. The molecule has 19 heavy (non-hydrogen) atoms. The number of sulfonamides is 1. The maximum Gasteiger partial charge on any atom is 0.321 e. The largest absolute Gasteiger partial charge is 0.480 e. The fraction of sp³-hybridized carbons (Fsp3) is 0.444. The van der Waals surface area contributed by atoms with Crippen LogP contribution in [0.2, 0.25) is 0 Å². The lowest BCUT2D eigenvalue weighted by molar-refractivity contribution is -0.139. The first-order valence-electron chi connectivity index (χ1n) is 5.27. The van der Waals surface area contributed by atoms with E-state index in [2.05, 4.69) is 10.2 Å². The molecule has 0 bridgehead atoms. The number of hydrogen-bond donors (Lipinski definition) is 4. The van der Waals surface area contributed by atoms with Gasteiger partial charge in [-0.05, 0) is 13.3 Å². The number of nitrogens with zero attached hydrogens (tertiary/aromatic N) is 1. The Bertz CT molecular complexity index is 579. The van der Waals surface area contributed by atoms with E-state index >= 15 is 0 Å². The van der Waals surface area contributed by atoms with Crippen LogP contribution < -0.4 is 10.5 Å². The molecule has 0 radical (unpaired) electrons. The van der Waals surface area contributed by atoms with Crippen molar-refractivity contribution in [1.29, 1.82) is 0 Å². The van der Waals surface area contributed by atoms with Gasteiger partial charge in [-0.25, -0.2) is 8.42 Å². The van der Waals surface area contributed by atoms with Crippen molar-refractivity contribution < 1.29 is 23.1 Å². The number of aryl methyl sites for hydroxylation is 1.